The van der Waals surface area contributed by atoms with Gasteiger partial charge in [-0.2, -0.15) is 0 Å². The van der Waals surface area contributed by atoms with Crippen LogP contribution in [0, 0.1) is 5.92 Å². The molecule has 1 saturated carbocycles. The van der Waals surface area contributed by atoms with Gasteiger partial charge < -0.3 is 9.47 Å². The standard InChI is InChI=1S/C17H34O2/c1-4-6-7-9-16(8-5-2)18-14-19-17-12-10-15(3)11-13-17/h15-17H,4-14H2,1-3H3/t15?,16-,17?/m1/s1. The summed E-state index contributed by atoms with van der Waals surface area (Å²) in [5.74, 6) is 0.891. The number of hydrogen-bond donors (Lipinski definition) is 0. The first-order chi connectivity index (χ1) is 9.26. The molecule has 0 N–H and O–H groups in total. The molecule has 19 heavy (non-hydrogen) atoms. The molecule has 1 rings (SSSR count). The highest BCUT2D eigenvalue weighted by molar-refractivity contribution is 4.69. The van der Waals surface area contributed by atoms with Gasteiger partial charge >= 0.3 is 0 Å². The average molecular weight is 270 g/mol. The van der Waals surface area contributed by atoms with Crippen LogP contribution in [0.25, 0.3) is 0 Å². The highest BCUT2D eigenvalue weighted by Gasteiger charge is 2.19. The second-order valence-corrected chi connectivity index (χ2v) is 6.24. The van der Waals surface area contributed by atoms with E-state index in [1.54, 1.807) is 0 Å². The minimum atomic E-state index is 0.416. The lowest BCUT2D eigenvalue weighted by Gasteiger charge is -2.27. The van der Waals surface area contributed by atoms with Crippen molar-refractivity contribution in [2.24, 2.45) is 5.92 Å². The molecular weight excluding hydrogens is 236 g/mol. The van der Waals surface area contributed by atoms with Crippen molar-refractivity contribution in [2.75, 3.05) is 6.79 Å². The van der Waals surface area contributed by atoms with E-state index < -0.39 is 0 Å². The number of ether oxygens (including phenoxy) is 2. The van der Waals surface area contributed by atoms with Gasteiger partial charge in [-0.15, -0.1) is 0 Å². The maximum Gasteiger partial charge on any atom is 0.147 e. The SMILES string of the molecule is CCCCC[C@@H](CCC)OCOC1CCC(C)CC1. The van der Waals surface area contributed by atoms with E-state index in [0.717, 1.165) is 5.92 Å². The topological polar surface area (TPSA) is 18.5 Å². The van der Waals surface area contributed by atoms with E-state index in [1.165, 1.54) is 64.2 Å². The van der Waals surface area contributed by atoms with Crippen molar-refractivity contribution in [3.63, 3.8) is 0 Å². The summed E-state index contributed by atoms with van der Waals surface area (Å²) >= 11 is 0. The molecule has 0 aromatic carbocycles. The molecule has 1 aliphatic carbocycles. The summed E-state index contributed by atoms with van der Waals surface area (Å²) < 4.78 is 11.8. The van der Waals surface area contributed by atoms with Gasteiger partial charge in [0.15, 0.2) is 0 Å². The summed E-state index contributed by atoms with van der Waals surface area (Å²) in [7, 11) is 0. The fraction of sp³-hybridized carbons (Fsp3) is 1.00. The lowest BCUT2D eigenvalue weighted by atomic mass is 9.89. The Labute approximate surface area is 120 Å². The molecule has 1 aliphatic rings. The smallest absolute Gasteiger partial charge is 0.147 e. The Morgan fingerprint density at radius 3 is 2.32 bits per heavy atom. The molecule has 0 radical (unpaired) electrons. The van der Waals surface area contributed by atoms with E-state index in [-0.39, 0.29) is 0 Å². The molecule has 0 amide bonds. The summed E-state index contributed by atoms with van der Waals surface area (Å²) in [6.07, 6.45) is 13.4. The van der Waals surface area contributed by atoms with E-state index in [9.17, 15) is 0 Å². The number of hydrogen-bond acceptors (Lipinski definition) is 2. The van der Waals surface area contributed by atoms with E-state index in [1.807, 2.05) is 0 Å². The van der Waals surface area contributed by atoms with Gasteiger partial charge in [0, 0.05) is 0 Å². The highest BCUT2D eigenvalue weighted by atomic mass is 16.7. The molecule has 1 fully saturated rings. The van der Waals surface area contributed by atoms with Crippen LogP contribution in [0.1, 0.15) is 85.0 Å². The van der Waals surface area contributed by atoms with Crippen molar-refractivity contribution in [1.82, 2.24) is 0 Å². The quantitative estimate of drug-likeness (QED) is 0.396. The Balaban J connectivity index is 2.09. The Bertz CT molecular complexity index is 197. The predicted molar refractivity (Wildman–Crippen MR) is 81.3 cm³/mol. The highest BCUT2D eigenvalue weighted by Crippen LogP contribution is 2.25. The van der Waals surface area contributed by atoms with Gasteiger partial charge in [0.1, 0.15) is 6.79 Å². The third-order valence-corrected chi connectivity index (χ3v) is 4.31. The largest absolute Gasteiger partial charge is 0.352 e. The summed E-state index contributed by atoms with van der Waals surface area (Å²) in [5.41, 5.74) is 0. The number of unbranched alkanes of at least 4 members (excludes halogenated alkanes) is 2. The van der Waals surface area contributed by atoms with Crippen molar-refractivity contribution >= 4 is 0 Å². The first-order valence-electron chi connectivity index (χ1n) is 8.49. The maximum absolute atomic E-state index is 5.94. The van der Waals surface area contributed by atoms with Crippen LogP contribution in [0.2, 0.25) is 0 Å². The van der Waals surface area contributed by atoms with E-state index in [2.05, 4.69) is 20.8 Å². The fourth-order valence-electron chi connectivity index (χ4n) is 2.88. The van der Waals surface area contributed by atoms with Crippen LogP contribution in [0.3, 0.4) is 0 Å². The van der Waals surface area contributed by atoms with Gasteiger partial charge in [0.25, 0.3) is 0 Å². The van der Waals surface area contributed by atoms with Gasteiger partial charge in [-0.1, -0.05) is 46.5 Å². The Morgan fingerprint density at radius 2 is 1.68 bits per heavy atom. The van der Waals surface area contributed by atoms with Crippen molar-refractivity contribution in [3.05, 3.63) is 0 Å². The second kappa shape index (κ2) is 10.7. The zero-order chi connectivity index (χ0) is 13.9. The Kier molecular flexibility index (Phi) is 9.54. The molecule has 0 aromatic heterocycles. The molecule has 0 aromatic rings. The molecule has 114 valence electrons. The Morgan fingerprint density at radius 1 is 0.947 bits per heavy atom. The lowest BCUT2D eigenvalue weighted by Crippen LogP contribution is -2.23. The maximum atomic E-state index is 5.94. The molecular formula is C17H34O2. The molecule has 0 heterocycles. The molecule has 0 spiro atoms. The van der Waals surface area contributed by atoms with Crippen LogP contribution < -0.4 is 0 Å². The van der Waals surface area contributed by atoms with Gasteiger partial charge in [-0.25, -0.2) is 0 Å². The average Bonchev–Trinajstić information content (AvgIpc) is 2.41. The zero-order valence-electron chi connectivity index (χ0n) is 13.3. The van der Waals surface area contributed by atoms with Gasteiger partial charge in [-0.3, -0.25) is 0 Å². The van der Waals surface area contributed by atoms with Crippen molar-refractivity contribution in [3.8, 4) is 0 Å². The second-order valence-electron chi connectivity index (χ2n) is 6.24. The number of rotatable bonds is 10. The molecule has 2 heteroatoms. The molecule has 2 nitrogen and oxygen atoms in total. The monoisotopic (exact) mass is 270 g/mol. The van der Waals surface area contributed by atoms with Crippen LogP contribution in [-0.4, -0.2) is 19.0 Å². The first-order valence-corrected chi connectivity index (χ1v) is 8.49. The van der Waals surface area contributed by atoms with Gasteiger partial charge in [0.2, 0.25) is 0 Å². The van der Waals surface area contributed by atoms with Crippen LogP contribution in [0.4, 0.5) is 0 Å². The third kappa shape index (κ3) is 7.94. The van der Waals surface area contributed by atoms with Crippen LogP contribution in [0.5, 0.6) is 0 Å². The van der Waals surface area contributed by atoms with Crippen molar-refractivity contribution in [2.45, 2.75) is 97.2 Å². The lowest BCUT2D eigenvalue weighted by molar-refractivity contribution is -0.130. The van der Waals surface area contributed by atoms with E-state index in [0.29, 0.717) is 19.0 Å². The van der Waals surface area contributed by atoms with Crippen molar-refractivity contribution < 1.29 is 9.47 Å². The fourth-order valence-corrected chi connectivity index (χ4v) is 2.88. The summed E-state index contributed by atoms with van der Waals surface area (Å²) in [5, 5.41) is 0. The Hall–Kier alpha value is -0.0800. The zero-order valence-corrected chi connectivity index (χ0v) is 13.3. The van der Waals surface area contributed by atoms with E-state index in [4.69, 9.17) is 9.47 Å². The van der Waals surface area contributed by atoms with Gasteiger partial charge in [-0.05, 0) is 44.4 Å². The van der Waals surface area contributed by atoms with Crippen LogP contribution in [0.15, 0.2) is 0 Å². The summed E-state index contributed by atoms with van der Waals surface area (Å²) in [6.45, 7) is 7.34. The molecule has 0 saturated heterocycles. The van der Waals surface area contributed by atoms with Crippen molar-refractivity contribution in [1.29, 1.82) is 0 Å². The summed E-state index contributed by atoms with van der Waals surface area (Å²) in [4.78, 5) is 0. The first kappa shape index (κ1) is 17.0. The predicted octanol–water partition coefficient (Wildman–Crippen LogP) is 5.30. The normalized spacial score (nSPS) is 25.4. The van der Waals surface area contributed by atoms with Gasteiger partial charge in [0.05, 0.1) is 12.2 Å². The van der Waals surface area contributed by atoms with Crippen LogP contribution >= 0.6 is 0 Å². The minimum Gasteiger partial charge on any atom is -0.352 e. The third-order valence-electron chi connectivity index (χ3n) is 4.31. The molecule has 0 unspecified atom stereocenters. The molecule has 0 aliphatic heterocycles. The summed E-state index contributed by atoms with van der Waals surface area (Å²) in [6, 6.07) is 0. The molecule has 1 atom stereocenters. The van der Waals surface area contributed by atoms with E-state index >= 15 is 0 Å². The molecule has 0 bridgehead atoms. The minimum absolute atomic E-state index is 0.416. The van der Waals surface area contributed by atoms with Crippen LogP contribution in [-0.2, 0) is 9.47 Å².